The van der Waals surface area contributed by atoms with Crippen LogP contribution in [0.5, 0.6) is 0 Å². The van der Waals surface area contributed by atoms with Crippen molar-refractivity contribution < 1.29 is 24.1 Å². The van der Waals surface area contributed by atoms with E-state index in [1.54, 1.807) is 0 Å². The molecule has 0 heterocycles. The normalized spacial score (nSPS) is 14.1. The standard InChI is InChI=1S/C22H17.C18H15P.CO.Rh/c1-3-10-18(11-4-1)22(19-12-5-2-6-13-19)21-16-15-17-9-7-8-14-20(17)21;1-4-10-16(11-5-1)19(17-12-6-2-7-13-17)18-14-8-3-9-15-18;1-2;/h1-16,22H;1-15H;;. The maximum absolute atomic E-state index is 7.50. The van der Waals surface area contributed by atoms with Crippen LogP contribution >= 0.6 is 7.92 Å². The first-order valence-corrected chi connectivity index (χ1v) is 15.6. The van der Waals surface area contributed by atoms with Gasteiger partial charge in [-0.15, -0.1) is 0 Å². The molecule has 2 aliphatic rings. The summed E-state index contributed by atoms with van der Waals surface area (Å²) in [7, 11) is -0.446. The van der Waals surface area contributed by atoms with Crippen molar-refractivity contribution in [1.29, 1.82) is 0 Å². The summed E-state index contributed by atoms with van der Waals surface area (Å²) in [5, 5.41) is 4.19. The third-order valence-electron chi connectivity index (χ3n) is 7.33. The summed E-state index contributed by atoms with van der Waals surface area (Å²) in [4.78, 5) is 0. The van der Waals surface area contributed by atoms with Gasteiger partial charge in [0, 0.05) is 43.1 Å². The Morgan fingerprint density at radius 1 is 0.455 bits per heavy atom. The Hall–Kier alpha value is -3.63. The largest absolute Gasteiger partial charge is 0.0762 e. The van der Waals surface area contributed by atoms with Gasteiger partial charge in [0.2, 0.25) is 0 Å². The Morgan fingerprint density at radius 2 is 0.818 bits per heavy atom. The molecule has 0 saturated heterocycles. The summed E-state index contributed by atoms with van der Waals surface area (Å²) >= 11 is 0. The van der Waals surface area contributed by atoms with Crippen LogP contribution in [0.1, 0.15) is 17.0 Å². The summed E-state index contributed by atoms with van der Waals surface area (Å²) in [6.45, 7) is 4.50. The maximum Gasteiger partial charge on any atom is 0.0168 e. The first-order chi connectivity index (χ1) is 21.4. The number of hydrogen-bond acceptors (Lipinski definition) is 0. The molecule has 1 saturated carbocycles. The van der Waals surface area contributed by atoms with Crippen LogP contribution in [0, 0.1) is 37.2 Å². The zero-order valence-electron chi connectivity index (χ0n) is 24.2. The molecule has 2 aliphatic carbocycles. The summed E-state index contributed by atoms with van der Waals surface area (Å²) in [6.07, 6.45) is 13.1. The topological polar surface area (TPSA) is 19.9 Å². The minimum Gasteiger partial charge on any atom is -0.0762 e. The summed E-state index contributed by atoms with van der Waals surface area (Å²) in [5.74, 6) is 4.32. The van der Waals surface area contributed by atoms with Crippen LogP contribution in [0.3, 0.4) is 0 Å². The molecule has 44 heavy (non-hydrogen) atoms. The molecule has 7 rings (SSSR count). The molecule has 5 aromatic carbocycles. The van der Waals surface area contributed by atoms with Gasteiger partial charge in [0.25, 0.3) is 0 Å². The Labute approximate surface area is 277 Å². The molecular formula is C41H32OPRh. The molecule has 1 fully saturated rings. The van der Waals surface area contributed by atoms with Crippen molar-refractivity contribution in [2.75, 3.05) is 0 Å². The number of rotatable bonds is 6. The van der Waals surface area contributed by atoms with Crippen LogP contribution in [0.4, 0.5) is 0 Å². The van der Waals surface area contributed by atoms with E-state index in [1.807, 2.05) is 0 Å². The van der Waals surface area contributed by atoms with Gasteiger partial charge < -0.3 is 0 Å². The molecule has 0 atom stereocenters. The van der Waals surface area contributed by atoms with E-state index in [9.17, 15) is 0 Å². The monoisotopic (exact) mass is 674 g/mol. The van der Waals surface area contributed by atoms with Crippen molar-refractivity contribution in [2.45, 2.75) is 5.92 Å². The fourth-order valence-corrected chi connectivity index (χ4v) is 7.75. The number of fused-ring (bicyclic) bond motifs is 1. The average Bonchev–Trinajstić information content (AvgIpc) is 3.52. The van der Waals surface area contributed by atoms with Gasteiger partial charge >= 0.3 is 11.3 Å². The number of allylic oxidation sites excluding steroid dienone is 4. The van der Waals surface area contributed by atoms with Gasteiger partial charge in [0.15, 0.2) is 0 Å². The fourth-order valence-electron chi connectivity index (χ4n) is 5.45. The van der Waals surface area contributed by atoms with E-state index in [0.717, 1.165) is 0 Å². The van der Waals surface area contributed by atoms with Crippen LogP contribution in [0.2, 0.25) is 0 Å². The first kappa shape index (κ1) is 33.3. The Balaban J connectivity index is 0.000000188. The van der Waals surface area contributed by atoms with Crippen molar-refractivity contribution in [2.24, 2.45) is 0 Å². The molecule has 0 spiro atoms. The second kappa shape index (κ2) is 17.6. The van der Waals surface area contributed by atoms with Crippen molar-refractivity contribution in [1.82, 2.24) is 0 Å². The minimum atomic E-state index is -0.446. The Morgan fingerprint density at radius 3 is 1.23 bits per heavy atom. The van der Waals surface area contributed by atoms with E-state index in [4.69, 9.17) is 4.65 Å². The van der Waals surface area contributed by atoms with E-state index in [-0.39, 0.29) is 25.4 Å². The molecular weight excluding hydrogens is 642 g/mol. The number of benzene rings is 5. The molecule has 216 valence electrons. The molecule has 0 amide bonds. The van der Waals surface area contributed by atoms with E-state index >= 15 is 0 Å². The van der Waals surface area contributed by atoms with E-state index in [0.29, 0.717) is 0 Å². The number of hydrogen-bond donors (Lipinski definition) is 0. The average molecular weight is 675 g/mol. The predicted octanol–water partition coefficient (Wildman–Crippen LogP) is 8.49. The molecule has 0 N–H and O–H groups in total. The molecule has 0 unspecified atom stereocenters. The van der Waals surface area contributed by atoms with E-state index in [2.05, 4.69) is 195 Å². The van der Waals surface area contributed by atoms with Gasteiger partial charge in [-0.1, -0.05) is 176 Å². The molecule has 6 radical (unpaired) electrons. The molecule has 1 nitrogen and oxygen atoms in total. The van der Waals surface area contributed by atoms with Crippen LogP contribution in [-0.4, -0.2) is 0 Å². The second-order valence-corrected chi connectivity index (χ2v) is 12.2. The Bertz CT molecular complexity index is 1450. The third-order valence-corrected chi connectivity index (χ3v) is 9.78. The summed E-state index contributed by atoms with van der Waals surface area (Å²) in [5.41, 5.74) is 2.68. The molecule has 0 bridgehead atoms. The van der Waals surface area contributed by atoms with Gasteiger partial charge in [-0.2, -0.15) is 0 Å². The zero-order valence-corrected chi connectivity index (χ0v) is 26.7. The molecule has 0 aliphatic heterocycles. The van der Waals surface area contributed by atoms with Gasteiger partial charge in [-0.05, 0) is 47.8 Å². The van der Waals surface area contributed by atoms with E-state index in [1.165, 1.54) is 44.8 Å². The van der Waals surface area contributed by atoms with Crippen molar-refractivity contribution in [3.05, 3.63) is 224 Å². The van der Waals surface area contributed by atoms with Gasteiger partial charge in [0.05, 0.1) is 0 Å². The minimum absolute atomic E-state index is 0. The van der Waals surface area contributed by atoms with Crippen LogP contribution < -0.4 is 15.9 Å². The van der Waals surface area contributed by atoms with Gasteiger partial charge in [-0.3, -0.25) is 0 Å². The first-order valence-electron chi connectivity index (χ1n) is 14.3. The molecule has 5 aromatic rings. The second-order valence-electron chi connectivity index (χ2n) is 9.97. The van der Waals surface area contributed by atoms with Gasteiger partial charge in [0.1, 0.15) is 0 Å². The van der Waals surface area contributed by atoms with E-state index < -0.39 is 7.92 Å². The van der Waals surface area contributed by atoms with Crippen LogP contribution in [0.25, 0.3) is 0 Å². The van der Waals surface area contributed by atoms with Crippen molar-refractivity contribution in [3.8, 4) is 0 Å². The SMILES string of the molecule is [C-]#[O+].[CH]1[CH][C](C(c2ccccc2)c2ccccc2)[C]2C=CC=C[C]12.[Rh].c1ccc(P(c2ccccc2)c2ccccc2)cc1. The quantitative estimate of drug-likeness (QED) is 0.0746. The fraction of sp³-hybridized carbons (Fsp3) is 0.0244. The van der Waals surface area contributed by atoms with Crippen LogP contribution in [0.15, 0.2) is 176 Å². The molecule has 0 aromatic heterocycles. The summed E-state index contributed by atoms with van der Waals surface area (Å²) < 4.78 is 7.50. The third kappa shape index (κ3) is 8.30. The predicted molar refractivity (Wildman–Crippen MR) is 180 cm³/mol. The maximum atomic E-state index is 7.50. The molecule has 3 heteroatoms. The van der Waals surface area contributed by atoms with Crippen molar-refractivity contribution in [3.63, 3.8) is 0 Å². The van der Waals surface area contributed by atoms with Gasteiger partial charge in [-0.25, -0.2) is 0 Å². The summed E-state index contributed by atoms with van der Waals surface area (Å²) in [6, 6.07) is 53.9. The van der Waals surface area contributed by atoms with Crippen molar-refractivity contribution >= 4 is 23.8 Å². The smallest absolute Gasteiger partial charge is 0.0168 e. The Kier molecular flexibility index (Phi) is 13.3. The zero-order chi connectivity index (χ0) is 29.7. The van der Waals surface area contributed by atoms with Crippen LogP contribution in [-0.2, 0) is 24.1 Å².